The van der Waals surface area contributed by atoms with E-state index in [0.717, 1.165) is 5.16 Å². The van der Waals surface area contributed by atoms with Crippen LogP contribution in [0.3, 0.4) is 0 Å². The van der Waals surface area contributed by atoms with Crippen LogP contribution < -0.4 is 0 Å². The van der Waals surface area contributed by atoms with E-state index in [-0.39, 0.29) is 0 Å². The van der Waals surface area contributed by atoms with Gasteiger partial charge in [-0.2, -0.15) is 0 Å². The first-order valence-electron chi connectivity index (χ1n) is 3.09. The Morgan fingerprint density at radius 1 is 1.70 bits per heavy atom. The molecule has 1 aromatic rings. The third kappa shape index (κ3) is 1.64. The molecule has 0 aliphatic carbocycles. The summed E-state index contributed by atoms with van der Waals surface area (Å²) in [6, 6.07) is 0. The molecule has 3 heteroatoms. The quantitative estimate of drug-likeness (QED) is 0.607. The highest BCUT2D eigenvalue weighted by Crippen LogP contribution is 2.14. The fourth-order valence-electron chi connectivity index (χ4n) is 0.594. The summed E-state index contributed by atoms with van der Waals surface area (Å²) < 4.78 is 1.99. The molecule has 10 heavy (non-hydrogen) atoms. The largest absolute Gasteiger partial charge is 0.329 e. The van der Waals surface area contributed by atoms with E-state index in [4.69, 9.17) is 0 Å². The lowest BCUT2D eigenvalue weighted by atomic mass is 10.8. The SMILES string of the molecule is CC=CSc1nccn1C. The molecule has 0 amide bonds. The molecule has 0 spiro atoms. The molecule has 1 aromatic heterocycles. The maximum absolute atomic E-state index is 4.13. The lowest BCUT2D eigenvalue weighted by Gasteiger charge is -1.93. The molecule has 0 saturated carbocycles. The number of nitrogens with zero attached hydrogens (tertiary/aromatic N) is 2. The van der Waals surface area contributed by atoms with Crippen LogP contribution in [0.1, 0.15) is 6.92 Å². The molecule has 0 unspecified atom stereocenters. The number of aryl methyl sites for hydroxylation is 1. The molecule has 0 N–H and O–H groups in total. The van der Waals surface area contributed by atoms with Crippen molar-refractivity contribution >= 4 is 11.8 Å². The minimum Gasteiger partial charge on any atom is -0.329 e. The summed E-state index contributed by atoms with van der Waals surface area (Å²) in [4.78, 5) is 4.13. The molecule has 0 aliphatic rings. The first-order chi connectivity index (χ1) is 4.84. The summed E-state index contributed by atoms with van der Waals surface area (Å²) in [7, 11) is 1.98. The van der Waals surface area contributed by atoms with Crippen molar-refractivity contribution in [1.82, 2.24) is 9.55 Å². The van der Waals surface area contributed by atoms with Crippen LogP contribution in [0, 0.1) is 0 Å². The van der Waals surface area contributed by atoms with Gasteiger partial charge in [0.1, 0.15) is 0 Å². The van der Waals surface area contributed by atoms with E-state index >= 15 is 0 Å². The summed E-state index contributed by atoms with van der Waals surface area (Å²) in [5.41, 5.74) is 0. The van der Waals surface area contributed by atoms with Crippen LogP contribution in [0.2, 0.25) is 0 Å². The van der Waals surface area contributed by atoms with Crippen molar-refractivity contribution in [1.29, 1.82) is 0 Å². The molecule has 0 fully saturated rings. The highest BCUT2D eigenvalue weighted by atomic mass is 32.2. The number of aromatic nitrogens is 2. The van der Waals surface area contributed by atoms with Crippen molar-refractivity contribution in [3.05, 3.63) is 23.9 Å². The van der Waals surface area contributed by atoms with E-state index in [1.807, 2.05) is 36.2 Å². The van der Waals surface area contributed by atoms with E-state index in [0.29, 0.717) is 0 Å². The summed E-state index contributed by atoms with van der Waals surface area (Å²) in [6.07, 6.45) is 5.73. The van der Waals surface area contributed by atoms with Gasteiger partial charge in [0.15, 0.2) is 5.16 Å². The van der Waals surface area contributed by atoms with Gasteiger partial charge in [0.2, 0.25) is 0 Å². The summed E-state index contributed by atoms with van der Waals surface area (Å²) in [5.74, 6) is 0. The average Bonchev–Trinajstić information content (AvgIpc) is 2.31. The maximum atomic E-state index is 4.13. The predicted molar refractivity (Wildman–Crippen MR) is 43.9 cm³/mol. The fourth-order valence-corrected chi connectivity index (χ4v) is 1.20. The fraction of sp³-hybridized carbons (Fsp3) is 0.286. The molecule has 1 heterocycles. The van der Waals surface area contributed by atoms with Gasteiger partial charge in [-0.25, -0.2) is 4.98 Å². The zero-order chi connectivity index (χ0) is 7.40. The topological polar surface area (TPSA) is 17.8 Å². The van der Waals surface area contributed by atoms with Gasteiger partial charge in [-0.05, 0) is 12.3 Å². The third-order valence-electron chi connectivity index (χ3n) is 1.09. The number of rotatable bonds is 2. The van der Waals surface area contributed by atoms with Gasteiger partial charge in [0, 0.05) is 19.4 Å². The molecule has 0 saturated heterocycles. The van der Waals surface area contributed by atoms with E-state index in [2.05, 4.69) is 4.98 Å². The van der Waals surface area contributed by atoms with Crippen LogP contribution in [-0.2, 0) is 7.05 Å². The van der Waals surface area contributed by atoms with Gasteiger partial charge in [0.25, 0.3) is 0 Å². The number of hydrogen-bond acceptors (Lipinski definition) is 2. The number of imidazole rings is 1. The predicted octanol–water partition coefficient (Wildman–Crippen LogP) is 2.05. The minimum atomic E-state index is 1.03. The molecular formula is C7H10N2S. The molecule has 0 radical (unpaired) electrons. The van der Waals surface area contributed by atoms with Crippen LogP contribution in [0.15, 0.2) is 29.0 Å². The molecular weight excluding hydrogens is 144 g/mol. The van der Waals surface area contributed by atoms with Gasteiger partial charge >= 0.3 is 0 Å². The van der Waals surface area contributed by atoms with Crippen LogP contribution >= 0.6 is 11.8 Å². The Kier molecular flexibility index (Phi) is 2.57. The van der Waals surface area contributed by atoms with Crippen molar-refractivity contribution in [3.8, 4) is 0 Å². The number of allylic oxidation sites excluding steroid dienone is 1. The zero-order valence-electron chi connectivity index (χ0n) is 6.11. The Morgan fingerprint density at radius 2 is 2.50 bits per heavy atom. The first kappa shape index (κ1) is 7.41. The van der Waals surface area contributed by atoms with Gasteiger partial charge in [0.05, 0.1) is 0 Å². The molecule has 0 aromatic carbocycles. The highest BCUT2D eigenvalue weighted by molar-refractivity contribution is 8.02. The number of hydrogen-bond donors (Lipinski definition) is 0. The molecule has 1 rings (SSSR count). The van der Waals surface area contributed by atoms with E-state index in [9.17, 15) is 0 Å². The van der Waals surface area contributed by atoms with E-state index in [1.165, 1.54) is 0 Å². The molecule has 0 bridgehead atoms. The highest BCUT2D eigenvalue weighted by Gasteiger charge is 1.93. The minimum absolute atomic E-state index is 1.03. The van der Waals surface area contributed by atoms with Crippen molar-refractivity contribution in [3.63, 3.8) is 0 Å². The second kappa shape index (κ2) is 3.46. The lowest BCUT2D eigenvalue weighted by Crippen LogP contribution is -1.85. The maximum Gasteiger partial charge on any atom is 0.171 e. The normalized spacial score (nSPS) is 11.0. The smallest absolute Gasteiger partial charge is 0.171 e. The first-order valence-corrected chi connectivity index (χ1v) is 3.97. The van der Waals surface area contributed by atoms with Gasteiger partial charge in [-0.1, -0.05) is 17.8 Å². The van der Waals surface area contributed by atoms with Crippen molar-refractivity contribution < 1.29 is 0 Å². The Labute approximate surface area is 65.0 Å². The second-order valence-electron chi connectivity index (χ2n) is 1.91. The Balaban J connectivity index is 2.65. The van der Waals surface area contributed by atoms with Crippen LogP contribution in [0.5, 0.6) is 0 Å². The van der Waals surface area contributed by atoms with Crippen LogP contribution in [-0.4, -0.2) is 9.55 Å². The zero-order valence-corrected chi connectivity index (χ0v) is 6.93. The van der Waals surface area contributed by atoms with Gasteiger partial charge in [-0.15, -0.1) is 0 Å². The Morgan fingerprint density at radius 3 is 3.00 bits per heavy atom. The van der Waals surface area contributed by atoms with Crippen molar-refractivity contribution in [2.75, 3.05) is 0 Å². The second-order valence-corrected chi connectivity index (χ2v) is 2.78. The average molecular weight is 154 g/mol. The van der Waals surface area contributed by atoms with Gasteiger partial charge < -0.3 is 4.57 Å². The summed E-state index contributed by atoms with van der Waals surface area (Å²) >= 11 is 1.62. The standard InChI is InChI=1S/C7H10N2S/c1-3-6-10-7-8-4-5-9(7)2/h3-6H,1-2H3. The Hall–Kier alpha value is -0.700. The summed E-state index contributed by atoms with van der Waals surface area (Å²) in [6.45, 7) is 2.00. The van der Waals surface area contributed by atoms with Crippen molar-refractivity contribution in [2.45, 2.75) is 12.1 Å². The summed E-state index contributed by atoms with van der Waals surface area (Å²) in [5, 5.41) is 3.04. The third-order valence-corrected chi connectivity index (χ3v) is 2.10. The molecule has 2 nitrogen and oxygen atoms in total. The monoisotopic (exact) mass is 154 g/mol. The van der Waals surface area contributed by atoms with Crippen LogP contribution in [0.4, 0.5) is 0 Å². The lowest BCUT2D eigenvalue weighted by molar-refractivity contribution is 0.792. The van der Waals surface area contributed by atoms with E-state index in [1.54, 1.807) is 18.0 Å². The van der Waals surface area contributed by atoms with Gasteiger partial charge in [-0.3, -0.25) is 0 Å². The Bertz CT molecular complexity index is 227. The van der Waals surface area contributed by atoms with Crippen molar-refractivity contribution in [2.24, 2.45) is 7.05 Å². The number of thioether (sulfide) groups is 1. The molecule has 54 valence electrons. The molecule has 0 aliphatic heterocycles. The van der Waals surface area contributed by atoms with E-state index < -0.39 is 0 Å². The van der Waals surface area contributed by atoms with Crippen LogP contribution in [0.25, 0.3) is 0 Å². The molecule has 0 atom stereocenters.